The number of hydrogen-bond acceptors (Lipinski definition) is 3. The van der Waals surface area contributed by atoms with Gasteiger partial charge in [0.25, 0.3) is 0 Å². The van der Waals surface area contributed by atoms with Crippen molar-refractivity contribution in [2.75, 3.05) is 0 Å². The summed E-state index contributed by atoms with van der Waals surface area (Å²) < 4.78 is 4.32. The zero-order valence-corrected chi connectivity index (χ0v) is 11.4. The minimum Gasteiger partial charge on any atom is -0.372 e. The molecule has 1 aromatic carbocycles. The molecule has 0 bridgehead atoms. The number of nitrogens with one attached hydrogen (secondary N) is 1. The number of rotatable bonds is 1. The molecule has 0 aliphatic carbocycles. The van der Waals surface area contributed by atoms with E-state index in [1.54, 1.807) is 18.2 Å². The van der Waals surface area contributed by atoms with Crippen LogP contribution in [0, 0.1) is 5.92 Å². The molecule has 98 valence electrons. The average Bonchev–Trinajstić information content (AvgIpc) is 2.28. The zero-order valence-electron chi connectivity index (χ0n) is 10.6. The van der Waals surface area contributed by atoms with Gasteiger partial charge in [0, 0.05) is 0 Å². The van der Waals surface area contributed by atoms with Gasteiger partial charge >= 0.3 is 11.4 Å². The lowest BCUT2D eigenvalue weighted by atomic mass is 10.2. The van der Waals surface area contributed by atoms with Gasteiger partial charge < -0.3 is 4.42 Å². The Labute approximate surface area is 110 Å². The van der Waals surface area contributed by atoms with E-state index in [4.69, 9.17) is 11.6 Å². The molecule has 2 rings (SSSR count). The number of aromatic nitrogens is 1. The molecular weight excluding hydrogens is 254 g/mol. The number of H-pyrrole nitrogens is 1. The maximum absolute atomic E-state index is 11.1. The molecular formula is C13H16ClNO3. The van der Waals surface area contributed by atoms with Crippen LogP contribution in [0.4, 0.5) is 0 Å². The molecule has 0 saturated heterocycles. The smallest absolute Gasteiger partial charge is 0.372 e. The molecule has 0 amide bonds. The second kappa shape index (κ2) is 6.40. The molecule has 4 nitrogen and oxygen atoms in total. The van der Waals surface area contributed by atoms with E-state index in [-0.39, 0.29) is 10.4 Å². The maximum atomic E-state index is 11.1. The standard InChI is InChI=1S/C8H4ClNO3.C5H12/c9-4-2-1-3-5-6(4)7(11)13-8(12)10-5;1-4-5(2)3/h1-3H,(H,10,12);5H,4H2,1-3H3. The largest absolute Gasteiger partial charge is 0.419 e. The van der Waals surface area contributed by atoms with Crippen molar-refractivity contribution in [3.8, 4) is 0 Å². The maximum Gasteiger partial charge on any atom is 0.419 e. The van der Waals surface area contributed by atoms with Gasteiger partial charge in [0.15, 0.2) is 0 Å². The summed E-state index contributed by atoms with van der Waals surface area (Å²) in [5.74, 6) is 0.106. The van der Waals surface area contributed by atoms with Gasteiger partial charge in [-0.2, -0.15) is 0 Å². The molecule has 5 heteroatoms. The molecule has 0 fully saturated rings. The number of hydrogen-bond donors (Lipinski definition) is 1. The van der Waals surface area contributed by atoms with Gasteiger partial charge in [-0.25, -0.2) is 9.59 Å². The minimum absolute atomic E-state index is 0.198. The molecule has 1 aromatic heterocycles. The first kappa shape index (κ1) is 14.5. The Balaban J connectivity index is 0.000000280. The lowest BCUT2D eigenvalue weighted by Crippen LogP contribution is -2.14. The Kier molecular flexibility index (Phi) is 5.16. The van der Waals surface area contributed by atoms with Crippen LogP contribution in [-0.4, -0.2) is 4.98 Å². The van der Waals surface area contributed by atoms with Crippen molar-refractivity contribution in [2.45, 2.75) is 27.2 Å². The third kappa shape index (κ3) is 3.74. The van der Waals surface area contributed by atoms with Crippen LogP contribution in [-0.2, 0) is 0 Å². The first-order valence-corrected chi connectivity index (χ1v) is 6.15. The van der Waals surface area contributed by atoms with Crippen LogP contribution in [0.5, 0.6) is 0 Å². The van der Waals surface area contributed by atoms with Crippen LogP contribution in [0.2, 0.25) is 5.02 Å². The molecule has 0 aliphatic rings. The highest BCUT2D eigenvalue weighted by Crippen LogP contribution is 2.16. The van der Waals surface area contributed by atoms with Gasteiger partial charge in [-0.15, -0.1) is 0 Å². The van der Waals surface area contributed by atoms with E-state index < -0.39 is 11.4 Å². The summed E-state index contributed by atoms with van der Waals surface area (Å²) in [6.45, 7) is 6.64. The van der Waals surface area contributed by atoms with Gasteiger partial charge in [-0.3, -0.25) is 4.98 Å². The van der Waals surface area contributed by atoms with E-state index in [9.17, 15) is 9.59 Å². The number of benzene rings is 1. The molecule has 0 saturated carbocycles. The quantitative estimate of drug-likeness (QED) is 0.865. The Bertz CT molecular complexity index is 628. The van der Waals surface area contributed by atoms with Crippen molar-refractivity contribution >= 4 is 22.5 Å². The molecule has 0 atom stereocenters. The predicted molar refractivity (Wildman–Crippen MR) is 73.2 cm³/mol. The van der Waals surface area contributed by atoms with E-state index in [1.165, 1.54) is 6.42 Å². The Morgan fingerprint density at radius 2 is 1.94 bits per heavy atom. The fraction of sp³-hybridized carbons (Fsp3) is 0.385. The minimum atomic E-state index is -0.778. The van der Waals surface area contributed by atoms with Crippen LogP contribution in [0.15, 0.2) is 32.2 Å². The van der Waals surface area contributed by atoms with E-state index >= 15 is 0 Å². The first-order chi connectivity index (χ1) is 8.45. The van der Waals surface area contributed by atoms with Crippen LogP contribution in [0.1, 0.15) is 27.2 Å². The van der Waals surface area contributed by atoms with Crippen molar-refractivity contribution in [1.82, 2.24) is 4.98 Å². The Hall–Kier alpha value is -1.55. The molecule has 18 heavy (non-hydrogen) atoms. The van der Waals surface area contributed by atoms with Crippen molar-refractivity contribution in [3.63, 3.8) is 0 Å². The molecule has 0 aliphatic heterocycles. The first-order valence-electron chi connectivity index (χ1n) is 5.77. The third-order valence-corrected chi connectivity index (χ3v) is 2.77. The predicted octanol–water partition coefficient (Wildman–Crippen LogP) is 3.19. The van der Waals surface area contributed by atoms with Gasteiger partial charge in [0.2, 0.25) is 0 Å². The Morgan fingerprint density at radius 3 is 2.50 bits per heavy atom. The third-order valence-electron chi connectivity index (χ3n) is 2.46. The topological polar surface area (TPSA) is 63.1 Å². The highest BCUT2D eigenvalue weighted by Gasteiger charge is 2.05. The van der Waals surface area contributed by atoms with Crippen LogP contribution in [0.25, 0.3) is 10.9 Å². The summed E-state index contributed by atoms with van der Waals surface area (Å²) in [5, 5.41) is 0.464. The van der Waals surface area contributed by atoms with Gasteiger partial charge in [0.1, 0.15) is 5.39 Å². The molecule has 0 spiro atoms. The molecule has 0 radical (unpaired) electrons. The van der Waals surface area contributed by atoms with Crippen LogP contribution in [0.3, 0.4) is 0 Å². The Morgan fingerprint density at radius 1 is 1.33 bits per heavy atom. The van der Waals surface area contributed by atoms with Gasteiger partial charge in [-0.05, 0) is 18.1 Å². The van der Waals surface area contributed by atoms with Crippen molar-refractivity contribution < 1.29 is 4.42 Å². The summed E-state index contributed by atoms with van der Waals surface area (Å²) in [6, 6.07) is 4.78. The van der Waals surface area contributed by atoms with Gasteiger partial charge in [-0.1, -0.05) is 44.9 Å². The second-order valence-electron chi connectivity index (χ2n) is 4.27. The summed E-state index contributed by atoms with van der Waals surface area (Å²) >= 11 is 5.73. The summed E-state index contributed by atoms with van der Waals surface area (Å²) in [6.07, 6.45) is 1.31. The lowest BCUT2D eigenvalue weighted by molar-refractivity contribution is 0.460. The lowest BCUT2D eigenvalue weighted by Gasteiger charge is -1.95. The molecule has 0 unspecified atom stereocenters. The second-order valence-corrected chi connectivity index (χ2v) is 4.67. The van der Waals surface area contributed by atoms with Gasteiger partial charge in [0.05, 0.1) is 10.5 Å². The van der Waals surface area contributed by atoms with Crippen molar-refractivity contribution in [1.29, 1.82) is 0 Å². The van der Waals surface area contributed by atoms with Crippen LogP contribution >= 0.6 is 11.6 Å². The monoisotopic (exact) mass is 269 g/mol. The molecule has 2 aromatic rings. The molecule has 1 heterocycles. The van der Waals surface area contributed by atoms with Crippen molar-refractivity contribution in [3.05, 3.63) is 44.2 Å². The number of halogens is 1. The fourth-order valence-electron chi connectivity index (χ4n) is 1.11. The summed E-state index contributed by atoms with van der Waals surface area (Å²) in [5.41, 5.74) is -0.335. The highest BCUT2D eigenvalue weighted by molar-refractivity contribution is 6.35. The average molecular weight is 270 g/mol. The number of aromatic amines is 1. The fourth-order valence-corrected chi connectivity index (χ4v) is 1.36. The molecule has 1 N–H and O–H groups in total. The van der Waals surface area contributed by atoms with E-state index in [0.29, 0.717) is 5.52 Å². The van der Waals surface area contributed by atoms with Crippen LogP contribution < -0.4 is 11.4 Å². The normalized spacial score (nSPS) is 10.3. The number of fused-ring (bicyclic) bond motifs is 1. The highest BCUT2D eigenvalue weighted by atomic mass is 35.5. The summed E-state index contributed by atoms with van der Waals surface area (Å²) in [4.78, 5) is 24.3. The SMILES string of the molecule is CCC(C)C.O=c1[nH]c2cccc(Cl)c2c(=O)o1. The van der Waals surface area contributed by atoms with Crippen molar-refractivity contribution in [2.24, 2.45) is 5.92 Å². The van der Waals surface area contributed by atoms with E-state index in [0.717, 1.165) is 5.92 Å². The van der Waals surface area contributed by atoms with E-state index in [1.807, 2.05) is 0 Å². The zero-order chi connectivity index (χ0) is 13.7. The summed E-state index contributed by atoms with van der Waals surface area (Å²) in [7, 11) is 0. The van der Waals surface area contributed by atoms with E-state index in [2.05, 4.69) is 30.2 Å².